The number of rotatable bonds is 0. The maximum absolute atomic E-state index is 5.36. The summed E-state index contributed by atoms with van der Waals surface area (Å²) in [5.74, 6) is 0. The van der Waals surface area contributed by atoms with Gasteiger partial charge in [0.2, 0.25) is 0 Å². The van der Waals surface area contributed by atoms with Crippen molar-refractivity contribution >= 4 is 28.3 Å². The Kier molecular flexibility index (Phi) is 6.45. The van der Waals surface area contributed by atoms with Gasteiger partial charge in [0.15, 0.2) is 0 Å². The molecule has 1 aromatic rings. The highest BCUT2D eigenvalue weighted by molar-refractivity contribution is 6.28. The zero-order valence-electron chi connectivity index (χ0n) is 26.5. The predicted molar refractivity (Wildman–Crippen MR) is 172 cm³/mol. The Hall–Kier alpha value is -3.27. The highest BCUT2D eigenvalue weighted by atomic mass is 14.9. The maximum Gasteiger partial charge on any atom is 0.0930 e. The third-order valence-electron chi connectivity index (χ3n) is 7.87. The Morgan fingerprint density at radius 2 is 1.00 bits per heavy atom. The summed E-state index contributed by atoms with van der Waals surface area (Å²) in [5.41, 5.74) is 9.44. The second-order valence-electron chi connectivity index (χ2n) is 15.6. The topological polar surface area (TPSA) is 52.9 Å². The molecule has 1 N–H and O–H groups in total. The van der Waals surface area contributed by atoms with Crippen molar-refractivity contribution in [2.24, 2.45) is 36.6 Å². The molecule has 1 atom stereocenters. The summed E-state index contributed by atoms with van der Waals surface area (Å²) >= 11 is 0. The van der Waals surface area contributed by atoms with Gasteiger partial charge in [-0.2, -0.15) is 0 Å². The van der Waals surface area contributed by atoms with Gasteiger partial charge in [-0.25, -0.2) is 9.98 Å². The standard InChI is InChI=1S/C36H46N4/c1-33(2,3)29-21-13-15-23(37-21)30(34(4,5)6)25-17-19-27(39-25)32(36(10,11)12)28-20-18-26(40-28)31(35(7,8)9)24-16-14-22(29)38-24/h13-21,40H,1-12H3/b29-22+,30-25+,31-26+,32-28+. The number of H-pyrrole nitrogens is 1. The van der Waals surface area contributed by atoms with Crippen LogP contribution < -0.4 is 10.7 Å². The molecule has 0 aromatic carbocycles. The quantitative estimate of drug-likeness (QED) is 0.360. The Labute approximate surface area is 240 Å². The predicted octanol–water partition coefficient (Wildman–Crippen LogP) is 7.42. The van der Waals surface area contributed by atoms with Crippen LogP contribution in [0.4, 0.5) is 0 Å². The summed E-state index contributed by atoms with van der Waals surface area (Å²) in [4.78, 5) is 19.8. The molecule has 5 heterocycles. The molecule has 0 saturated heterocycles. The maximum atomic E-state index is 5.36. The zero-order valence-corrected chi connectivity index (χ0v) is 26.5. The van der Waals surface area contributed by atoms with Gasteiger partial charge in [-0.05, 0) is 69.7 Å². The number of nitrogens with zero attached hydrogens (tertiary/aromatic N) is 3. The van der Waals surface area contributed by atoms with Crippen molar-refractivity contribution in [1.29, 1.82) is 0 Å². The molecule has 1 aromatic heterocycles. The highest BCUT2D eigenvalue weighted by Gasteiger charge is 2.35. The number of fused-ring (bicyclic) bond motifs is 5. The molecule has 40 heavy (non-hydrogen) atoms. The van der Waals surface area contributed by atoms with Crippen molar-refractivity contribution in [2.45, 2.75) is 89.1 Å². The number of aliphatic imine (C=N–C) groups is 3. The minimum Gasteiger partial charge on any atom is -0.355 e. The number of hydrogen-bond donors (Lipinski definition) is 1. The molecular weight excluding hydrogens is 488 g/mol. The molecule has 0 saturated carbocycles. The number of hydrogen-bond acceptors (Lipinski definition) is 3. The van der Waals surface area contributed by atoms with E-state index >= 15 is 0 Å². The van der Waals surface area contributed by atoms with Crippen molar-refractivity contribution in [2.75, 3.05) is 0 Å². The molecule has 5 rings (SSSR count). The third-order valence-corrected chi connectivity index (χ3v) is 7.87. The van der Waals surface area contributed by atoms with E-state index in [0.29, 0.717) is 0 Å². The van der Waals surface area contributed by atoms with Crippen LogP contribution in [0, 0.1) is 21.7 Å². The smallest absolute Gasteiger partial charge is 0.0930 e. The van der Waals surface area contributed by atoms with E-state index in [9.17, 15) is 0 Å². The molecule has 4 nitrogen and oxygen atoms in total. The molecule has 4 aliphatic heterocycles. The van der Waals surface area contributed by atoms with Gasteiger partial charge in [-0.1, -0.05) is 89.2 Å². The van der Waals surface area contributed by atoms with Crippen LogP contribution in [0.25, 0.3) is 11.1 Å². The van der Waals surface area contributed by atoms with Gasteiger partial charge in [0.1, 0.15) is 0 Å². The molecule has 0 amide bonds. The summed E-state index contributed by atoms with van der Waals surface area (Å²) in [6, 6.07) is 4.37. The fraction of sp³-hybridized carbons (Fsp3) is 0.472. The van der Waals surface area contributed by atoms with Crippen LogP contribution in [-0.4, -0.2) is 28.2 Å². The van der Waals surface area contributed by atoms with E-state index in [4.69, 9.17) is 15.0 Å². The largest absolute Gasteiger partial charge is 0.355 e. The number of aromatic amines is 1. The lowest BCUT2D eigenvalue weighted by Gasteiger charge is -2.28. The van der Waals surface area contributed by atoms with Crippen molar-refractivity contribution in [3.05, 3.63) is 81.8 Å². The van der Waals surface area contributed by atoms with E-state index in [-0.39, 0.29) is 27.7 Å². The Morgan fingerprint density at radius 1 is 0.525 bits per heavy atom. The molecule has 4 heteroatoms. The van der Waals surface area contributed by atoms with Gasteiger partial charge in [0.25, 0.3) is 0 Å². The first-order valence-corrected chi connectivity index (χ1v) is 14.6. The van der Waals surface area contributed by atoms with Gasteiger partial charge in [0, 0.05) is 27.4 Å². The molecule has 4 aliphatic rings. The summed E-state index contributed by atoms with van der Waals surface area (Å²) < 4.78 is 0. The summed E-state index contributed by atoms with van der Waals surface area (Å²) in [7, 11) is 0. The summed E-state index contributed by atoms with van der Waals surface area (Å²) in [6.07, 6.45) is 13.2. The van der Waals surface area contributed by atoms with E-state index in [1.807, 2.05) is 0 Å². The molecule has 0 spiro atoms. The first-order chi connectivity index (χ1) is 18.4. The fourth-order valence-electron chi connectivity index (χ4n) is 6.44. The minimum atomic E-state index is -0.131. The number of aromatic nitrogens is 1. The van der Waals surface area contributed by atoms with Crippen LogP contribution in [0.2, 0.25) is 0 Å². The van der Waals surface area contributed by atoms with Crippen LogP contribution in [0.3, 0.4) is 0 Å². The first kappa shape index (κ1) is 28.3. The first-order valence-electron chi connectivity index (χ1n) is 14.6. The van der Waals surface area contributed by atoms with Crippen LogP contribution in [0.1, 0.15) is 83.1 Å². The van der Waals surface area contributed by atoms with Crippen LogP contribution in [0.15, 0.2) is 86.1 Å². The van der Waals surface area contributed by atoms with Crippen LogP contribution in [-0.2, 0) is 0 Å². The lowest BCUT2D eigenvalue weighted by molar-refractivity contribution is 0.475. The average Bonchev–Trinajstić information content (AvgIpc) is 3.55. The van der Waals surface area contributed by atoms with E-state index in [1.54, 1.807) is 0 Å². The highest BCUT2D eigenvalue weighted by Crippen LogP contribution is 2.41. The summed E-state index contributed by atoms with van der Waals surface area (Å²) in [5, 5.41) is 2.21. The molecule has 0 aliphatic carbocycles. The molecule has 0 radical (unpaired) electrons. The minimum absolute atomic E-state index is 0.0654. The van der Waals surface area contributed by atoms with Gasteiger partial charge >= 0.3 is 0 Å². The lowest BCUT2D eigenvalue weighted by atomic mass is 9.81. The Balaban J connectivity index is 1.96. The lowest BCUT2D eigenvalue weighted by Crippen LogP contribution is -2.29. The van der Waals surface area contributed by atoms with E-state index in [1.165, 1.54) is 22.3 Å². The SMILES string of the molecule is CC(C)(C)/C1=C2\C=CC(=N2)/C(C(C)(C)C)=c2/cc/c([nH]2)=C(\C(C)(C)C)C2=N/C(=C(/C(C)(C)C)C3C=CC1=N3)C=C2. The fourth-order valence-corrected chi connectivity index (χ4v) is 6.44. The van der Waals surface area contributed by atoms with E-state index in [0.717, 1.165) is 39.2 Å². The molecule has 210 valence electrons. The van der Waals surface area contributed by atoms with E-state index in [2.05, 4.69) is 137 Å². The Morgan fingerprint density at radius 3 is 1.48 bits per heavy atom. The van der Waals surface area contributed by atoms with Crippen LogP contribution >= 0.6 is 0 Å². The van der Waals surface area contributed by atoms with Gasteiger partial charge in [-0.15, -0.1) is 0 Å². The van der Waals surface area contributed by atoms with Crippen molar-refractivity contribution in [3.63, 3.8) is 0 Å². The number of allylic oxidation sites excluding steroid dienone is 6. The van der Waals surface area contributed by atoms with Gasteiger partial charge in [0.05, 0.1) is 34.6 Å². The van der Waals surface area contributed by atoms with Crippen LogP contribution in [0.5, 0.6) is 0 Å². The average molecular weight is 535 g/mol. The second kappa shape index (κ2) is 9.12. The molecule has 1 unspecified atom stereocenters. The molecular formula is C36H46N4. The van der Waals surface area contributed by atoms with Crippen molar-refractivity contribution in [1.82, 2.24) is 4.98 Å². The third kappa shape index (κ3) is 5.02. The molecule has 8 bridgehead atoms. The van der Waals surface area contributed by atoms with Gasteiger partial charge in [-0.3, -0.25) is 4.99 Å². The van der Waals surface area contributed by atoms with E-state index < -0.39 is 0 Å². The van der Waals surface area contributed by atoms with Crippen molar-refractivity contribution < 1.29 is 0 Å². The van der Waals surface area contributed by atoms with Crippen molar-refractivity contribution in [3.8, 4) is 0 Å². The summed E-state index contributed by atoms with van der Waals surface area (Å²) in [6.45, 7) is 27.2. The molecule has 0 fully saturated rings. The number of nitrogens with one attached hydrogen (secondary N) is 1. The van der Waals surface area contributed by atoms with Gasteiger partial charge < -0.3 is 4.98 Å². The second-order valence-corrected chi connectivity index (χ2v) is 15.6. The zero-order chi connectivity index (χ0) is 29.4. The monoisotopic (exact) mass is 534 g/mol. The Bertz CT molecular complexity index is 1640. The normalized spacial score (nSPS) is 27.9.